The molecule has 1 saturated heterocycles. The van der Waals surface area contributed by atoms with Crippen molar-refractivity contribution < 1.29 is 17.9 Å². The number of hydrogen-bond donors (Lipinski definition) is 4. The maximum atomic E-state index is 12.8. The van der Waals surface area contributed by atoms with E-state index in [1.54, 1.807) is 48.5 Å². The van der Waals surface area contributed by atoms with Crippen LogP contribution in [0.4, 0.5) is 11.4 Å². The van der Waals surface area contributed by atoms with Gasteiger partial charge in [0.15, 0.2) is 5.37 Å². The summed E-state index contributed by atoms with van der Waals surface area (Å²) in [5.41, 5.74) is 6.70. The van der Waals surface area contributed by atoms with Crippen molar-refractivity contribution in [2.45, 2.75) is 12.3 Å². The Balaban J connectivity index is 1.69. The van der Waals surface area contributed by atoms with Crippen molar-refractivity contribution in [1.82, 2.24) is 10.9 Å². The average molecular weight is 415 g/mol. The van der Waals surface area contributed by atoms with Gasteiger partial charge in [0.25, 0.3) is 10.0 Å². The quantitative estimate of drug-likeness (QED) is 0.537. The number of sulfonamides is 1. The molecule has 0 saturated carbocycles. The molecule has 9 nitrogen and oxygen atoms in total. The lowest BCUT2D eigenvalue weighted by molar-refractivity contribution is -0.119. The number of nitriles is 1. The number of carbonyl (C=O) groups is 1. The van der Waals surface area contributed by atoms with E-state index in [2.05, 4.69) is 20.9 Å². The highest BCUT2D eigenvalue weighted by atomic mass is 32.2. The Hall–Kier alpha value is -3.13. The molecule has 152 valence electrons. The molecule has 0 radical (unpaired) electrons. The van der Waals surface area contributed by atoms with Crippen molar-refractivity contribution in [3.8, 4) is 11.8 Å². The van der Waals surface area contributed by atoms with E-state index in [0.717, 1.165) is 0 Å². The highest BCUT2D eigenvalue weighted by Gasteiger charge is 2.41. The van der Waals surface area contributed by atoms with E-state index in [1.807, 2.05) is 13.0 Å². The smallest absolute Gasteiger partial charge is 0.250 e. The number of amides is 1. The number of carbonyl (C=O) groups excluding carboxylic acids is 1. The number of ether oxygens (including phenoxy) is 1. The summed E-state index contributed by atoms with van der Waals surface area (Å²) in [5, 5.41) is 10.4. The summed E-state index contributed by atoms with van der Waals surface area (Å²) < 4.78 is 33.4. The van der Waals surface area contributed by atoms with Crippen molar-refractivity contribution in [3.63, 3.8) is 0 Å². The third-order valence-electron chi connectivity index (χ3n) is 4.31. The van der Waals surface area contributed by atoms with E-state index >= 15 is 0 Å². The van der Waals surface area contributed by atoms with E-state index in [9.17, 15) is 13.2 Å². The van der Waals surface area contributed by atoms with E-state index in [0.29, 0.717) is 29.3 Å². The van der Waals surface area contributed by atoms with Gasteiger partial charge < -0.3 is 10.1 Å². The fourth-order valence-electron chi connectivity index (χ4n) is 2.88. The summed E-state index contributed by atoms with van der Waals surface area (Å²) in [6, 6.07) is 14.8. The van der Waals surface area contributed by atoms with Crippen LogP contribution in [0.3, 0.4) is 0 Å². The van der Waals surface area contributed by atoms with Gasteiger partial charge in [0.1, 0.15) is 5.75 Å². The van der Waals surface area contributed by atoms with Gasteiger partial charge >= 0.3 is 0 Å². The van der Waals surface area contributed by atoms with Gasteiger partial charge in [0.2, 0.25) is 5.91 Å². The molecule has 1 amide bonds. The SMILES string of the molecule is CCOc1ccc(NS(=O)(=O)C2NNCC2C(=O)Nc2ccc(C#N)cc2)cc1. The summed E-state index contributed by atoms with van der Waals surface area (Å²) in [6.45, 7) is 2.52. The summed E-state index contributed by atoms with van der Waals surface area (Å²) >= 11 is 0. The Morgan fingerprint density at radius 2 is 1.83 bits per heavy atom. The van der Waals surface area contributed by atoms with Gasteiger partial charge in [-0.25, -0.2) is 13.8 Å². The molecule has 2 aromatic carbocycles. The molecule has 2 unspecified atom stereocenters. The Morgan fingerprint density at radius 3 is 2.45 bits per heavy atom. The minimum Gasteiger partial charge on any atom is -0.494 e. The lowest BCUT2D eigenvalue weighted by Crippen LogP contribution is -2.45. The Labute approximate surface area is 169 Å². The molecule has 1 aliphatic heterocycles. The van der Waals surface area contributed by atoms with Gasteiger partial charge in [0, 0.05) is 17.9 Å². The van der Waals surface area contributed by atoms with Gasteiger partial charge in [0.05, 0.1) is 24.2 Å². The number of anilines is 2. The molecular weight excluding hydrogens is 394 g/mol. The monoisotopic (exact) mass is 415 g/mol. The normalized spacial score (nSPS) is 18.6. The zero-order chi connectivity index (χ0) is 20.9. The van der Waals surface area contributed by atoms with E-state index in [4.69, 9.17) is 10.00 Å². The van der Waals surface area contributed by atoms with Crippen molar-refractivity contribution in [2.24, 2.45) is 5.92 Å². The number of benzene rings is 2. The molecule has 1 fully saturated rings. The fraction of sp³-hybridized carbons (Fsp3) is 0.263. The van der Waals surface area contributed by atoms with Crippen molar-refractivity contribution >= 4 is 27.3 Å². The number of hydrogen-bond acceptors (Lipinski definition) is 7. The molecular formula is C19H21N5O4S. The summed E-state index contributed by atoms with van der Waals surface area (Å²) in [7, 11) is -3.90. The molecule has 29 heavy (non-hydrogen) atoms. The number of nitrogens with zero attached hydrogens (tertiary/aromatic N) is 1. The van der Waals surface area contributed by atoms with Crippen LogP contribution < -0.4 is 25.6 Å². The second-order valence-electron chi connectivity index (χ2n) is 6.34. The van der Waals surface area contributed by atoms with Crippen LogP contribution in [0.2, 0.25) is 0 Å². The lowest BCUT2D eigenvalue weighted by atomic mass is 10.1. The first-order valence-corrected chi connectivity index (χ1v) is 10.5. The predicted octanol–water partition coefficient (Wildman–Crippen LogP) is 1.39. The van der Waals surface area contributed by atoms with Gasteiger partial charge in [-0.2, -0.15) is 5.26 Å². The Kier molecular flexibility index (Phi) is 6.33. The van der Waals surface area contributed by atoms with E-state index in [-0.39, 0.29) is 6.54 Å². The average Bonchev–Trinajstić information content (AvgIpc) is 3.21. The molecule has 2 atom stereocenters. The van der Waals surface area contributed by atoms with Crippen LogP contribution in [0.25, 0.3) is 0 Å². The standard InChI is InChI=1S/C19H21N5O4S/c1-2-28-16-9-7-15(8-10-16)24-29(26,27)19-17(12-21-23-19)18(25)22-14-5-3-13(11-20)4-6-14/h3-10,17,19,21,23-24H,2,12H2,1H3,(H,22,25). The first kappa shape index (κ1) is 20.6. The van der Waals surface area contributed by atoms with E-state index < -0.39 is 27.2 Å². The van der Waals surface area contributed by atoms with Crippen LogP contribution in [-0.2, 0) is 14.8 Å². The van der Waals surface area contributed by atoms with Gasteiger partial charge in [-0.05, 0) is 55.5 Å². The zero-order valence-electron chi connectivity index (χ0n) is 15.7. The van der Waals surface area contributed by atoms with Crippen molar-refractivity contribution in [1.29, 1.82) is 5.26 Å². The molecule has 0 aromatic heterocycles. The zero-order valence-corrected chi connectivity index (χ0v) is 16.5. The second kappa shape index (κ2) is 8.91. The van der Waals surface area contributed by atoms with Gasteiger partial charge in [-0.15, -0.1) is 0 Å². The molecule has 1 aliphatic rings. The molecule has 3 rings (SSSR count). The predicted molar refractivity (Wildman–Crippen MR) is 108 cm³/mol. The van der Waals surface area contributed by atoms with Crippen LogP contribution >= 0.6 is 0 Å². The first-order chi connectivity index (χ1) is 13.9. The molecule has 0 bridgehead atoms. The summed E-state index contributed by atoms with van der Waals surface area (Å²) in [4.78, 5) is 12.6. The maximum Gasteiger partial charge on any atom is 0.250 e. The topological polar surface area (TPSA) is 132 Å². The van der Waals surface area contributed by atoms with E-state index in [1.165, 1.54) is 0 Å². The highest BCUT2D eigenvalue weighted by Crippen LogP contribution is 2.22. The minimum atomic E-state index is -3.90. The third kappa shape index (κ3) is 5.03. The highest BCUT2D eigenvalue weighted by molar-refractivity contribution is 7.93. The van der Waals surface area contributed by atoms with Crippen LogP contribution in [0, 0.1) is 17.2 Å². The minimum absolute atomic E-state index is 0.150. The molecule has 1 heterocycles. The molecule has 0 spiro atoms. The number of nitrogens with one attached hydrogen (secondary N) is 4. The largest absolute Gasteiger partial charge is 0.494 e. The summed E-state index contributed by atoms with van der Waals surface area (Å²) in [6.07, 6.45) is 0. The van der Waals surface area contributed by atoms with Crippen LogP contribution in [0.5, 0.6) is 5.75 Å². The molecule has 2 aromatic rings. The number of rotatable bonds is 7. The van der Waals surface area contributed by atoms with Crippen LogP contribution in [0.1, 0.15) is 12.5 Å². The second-order valence-corrected chi connectivity index (χ2v) is 8.14. The number of hydrazine groups is 1. The van der Waals surface area contributed by atoms with Gasteiger partial charge in [-0.1, -0.05) is 0 Å². The lowest BCUT2D eigenvalue weighted by Gasteiger charge is -2.19. The third-order valence-corrected chi connectivity index (χ3v) is 5.94. The summed E-state index contributed by atoms with van der Waals surface area (Å²) in [5.74, 6) is -0.670. The van der Waals surface area contributed by atoms with Crippen LogP contribution in [-0.4, -0.2) is 32.9 Å². The fourth-order valence-corrected chi connectivity index (χ4v) is 4.36. The molecule has 0 aliphatic carbocycles. The Morgan fingerprint density at radius 1 is 1.17 bits per heavy atom. The maximum absolute atomic E-state index is 12.8. The van der Waals surface area contributed by atoms with Gasteiger partial charge in [-0.3, -0.25) is 14.9 Å². The van der Waals surface area contributed by atoms with Crippen molar-refractivity contribution in [3.05, 3.63) is 54.1 Å². The van der Waals surface area contributed by atoms with Crippen molar-refractivity contribution in [2.75, 3.05) is 23.2 Å². The Bertz CT molecular complexity index is 1000. The van der Waals surface area contributed by atoms with Crippen LogP contribution in [0.15, 0.2) is 48.5 Å². The first-order valence-electron chi connectivity index (χ1n) is 8.97. The molecule has 4 N–H and O–H groups in total. The molecule has 10 heteroatoms.